The first-order valence-corrected chi connectivity index (χ1v) is 9.42. The summed E-state index contributed by atoms with van der Waals surface area (Å²) < 4.78 is 5.97. The maximum atomic E-state index is 12.8. The topological polar surface area (TPSA) is 36.7 Å². The summed E-state index contributed by atoms with van der Waals surface area (Å²) in [6.07, 6.45) is 4.75. The van der Waals surface area contributed by atoms with E-state index in [1.54, 1.807) is 0 Å². The number of hydrogen-bond donors (Lipinski definition) is 0. The number of carbonyl (C=O) groups is 1. The minimum atomic E-state index is 0.00611. The molecule has 25 heavy (non-hydrogen) atoms. The molecule has 0 radical (unpaired) electrons. The van der Waals surface area contributed by atoms with E-state index in [4.69, 9.17) is 4.42 Å². The van der Waals surface area contributed by atoms with Crippen LogP contribution in [0.15, 0.2) is 40.8 Å². The molecular weight excluding hydrogens is 312 g/mol. The Morgan fingerprint density at radius 2 is 1.76 bits per heavy atom. The van der Waals surface area contributed by atoms with E-state index in [2.05, 4.69) is 30.0 Å². The third kappa shape index (κ3) is 3.36. The Kier molecular flexibility index (Phi) is 4.62. The van der Waals surface area contributed by atoms with Crippen LogP contribution in [0, 0.1) is 0 Å². The van der Waals surface area contributed by atoms with Crippen molar-refractivity contribution in [3.63, 3.8) is 0 Å². The Morgan fingerprint density at radius 3 is 2.56 bits per heavy atom. The van der Waals surface area contributed by atoms with E-state index in [0.29, 0.717) is 12.3 Å². The number of amides is 1. The molecule has 2 aromatic rings. The minimum Gasteiger partial charge on any atom is -0.454 e. The molecule has 1 atom stereocenters. The maximum absolute atomic E-state index is 12.8. The predicted octanol–water partition coefficient (Wildman–Crippen LogP) is 4.03. The highest BCUT2D eigenvalue weighted by molar-refractivity contribution is 5.91. The van der Waals surface area contributed by atoms with Gasteiger partial charge in [-0.25, -0.2) is 0 Å². The number of fused-ring (bicyclic) bond motifs is 1. The third-order valence-corrected chi connectivity index (χ3v) is 5.61. The molecule has 132 valence electrons. The lowest BCUT2D eigenvalue weighted by Gasteiger charge is -2.31. The lowest BCUT2D eigenvalue weighted by atomic mass is 10.00. The van der Waals surface area contributed by atoms with Gasteiger partial charge in [0.2, 0.25) is 0 Å². The maximum Gasteiger partial charge on any atom is 0.289 e. The fraction of sp³-hybridized carbons (Fsp3) is 0.476. The summed E-state index contributed by atoms with van der Waals surface area (Å²) in [4.78, 5) is 17.2. The van der Waals surface area contributed by atoms with Gasteiger partial charge in [0, 0.05) is 13.1 Å². The van der Waals surface area contributed by atoms with E-state index in [1.165, 1.54) is 30.4 Å². The largest absolute Gasteiger partial charge is 0.454 e. The van der Waals surface area contributed by atoms with Crippen LogP contribution in [0.3, 0.4) is 0 Å². The van der Waals surface area contributed by atoms with Crippen molar-refractivity contribution in [1.29, 1.82) is 0 Å². The summed E-state index contributed by atoms with van der Waals surface area (Å²) in [6.45, 7) is 5.85. The van der Waals surface area contributed by atoms with Gasteiger partial charge < -0.3 is 9.32 Å². The number of carbonyl (C=O) groups excluding carboxylic acids is 1. The minimum absolute atomic E-state index is 0.00611. The van der Waals surface area contributed by atoms with Crippen molar-refractivity contribution in [3.05, 3.63) is 59.0 Å². The molecule has 1 aromatic carbocycles. The van der Waals surface area contributed by atoms with Gasteiger partial charge in [0.05, 0.1) is 6.04 Å². The molecule has 0 N–H and O–H groups in total. The summed E-state index contributed by atoms with van der Waals surface area (Å²) in [5, 5.41) is 0. The molecule has 2 aliphatic heterocycles. The fourth-order valence-electron chi connectivity index (χ4n) is 4.00. The van der Waals surface area contributed by atoms with Gasteiger partial charge in [-0.15, -0.1) is 0 Å². The normalized spacial score (nSPS) is 19.5. The van der Waals surface area contributed by atoms with Crippen molar-refractivity contribution in [2.45, 2.75) is 45.2 Å². The fourth-order valence-corrected chi connectivity index (χ4v) is 4.00. The van der Waals surface area contributed by atoms with Gasteiger partial charge in [0.25, 0.3) is 5.91 Å². The molecule has 3 heterocycles. The third-order valence-electron chi connectivity index (χ3n) is 5.61. The SMILES string of the molecule is C[C@@H](c1ccc(C(=O)N2CCc3ccccc3C2)o1)N1CCCCC1. The zero-order valence-corrected chi connectivity index (χ0v) is 14.9. The number of hydrogen-bond acceptors (Lipinski definition) is 3. The first kappa shape index (κ1) is 16.4. The highest BCUT2D eigenvalue weighted by atomic mass is 16.4. The summed E-state index contributed by atoms with van der Waals surface area (Å²) in [5.74, 6) is 1.38. The average molecular weight is 338 g/mol. The second kappa shape index (κ2) is 7.04. The summed E-state index contributed by atoms with van der Waals surface area (Å²) in [7, 11) is 0. The molecule has 4 heteroatoms. The number of piperidine rings is 1. The predicted molar refractivity (Wildman–Crippen MR) is 97.4 cm³/mol. The average Bonchev–Trinajstić information content (AvgIpc) is 3.17. The first-order chi connectivity index (χ1) is 12.2. The van der Waals surface area contributed by atoms with Crippen LogP contribution in [0.2, 0.25) is 0 Å². The van der Waals surface area contributed by atoms with Gasteiger partial charge in [0.1, 0.15) is 5.76 Å². The van der Waals surface area contributed by atoms with Crippen LogP contribution in [0.25, 0.3) is 0 Å². The second-order valence-electron chi connectivity index (χ2n) is 7.22. The van der Waals surface area contributed by atoms with E-state index in [1.807, 2.05) is 23.1 Å². The van der Waals surface area contributed by atoms with E-state index in [9.17, 15) is 4.79 Å². The number of rotatable bonds is 3. The zero-order valence-electron chi connectivity index (χ0n) is 14.9. The van der Waals surface area contributed by atoms with Crippen LogP contribution in [-0.4, -0.2) is 35.3 Å². The van der Waals surface area contributed by atoms with E-state index < -0.39 is 0 Å². The molecule has 1 saturated heterocycles. The zero-order chi connectivity index (χ0) is 17.2. The molecule has 1 aromatic heterocycles. The van der Waals surface area contributed by atoms with Gasteiger partial charge in [0.15, 0.2) is 5.76 Å². The van der Waals surface area contributed by atoms with Crippen LogP contribution in [-0.2, 0) is 13.0 Å². The summed E-state index contributed by atoms with van der Waals surface area (Å²) >= 11 is 0. The summed E-state index contributed by atoms with van der Waals surface area (Å²) in [6, 6.07) is 12.4. The molecule has 0 aliphatic carbocycles. The Labute approximate surface area is 149 Å². The Hall–Kier alpha value is -2.07. The molecule has 4 rings (SSSR count). The lowest BCUT2D eigenvalue weighted by molar-refractivity contribution is 0.0694. The van der Waals surface area contributed by atoms with Crippen LogP contribution in [0.1, 0.15) is 59.7 Å². The number of benzene rings is 1. The molecular formula is C21H26N2O2. The Morgan fingerprint density at radius 1 is 1.00 bits per heavy atom. The monoisotopic (exact) mass is 338 g/mol. The van der Waals surface area contributed by atoms with Crippen molar-refractivity contribution in [1.82, 2.24) is 9.80 Å². The van der Waals surface area contributed by atoms with Crippen LogP contribution in [0.5, 0.6) is 0 Å². The van der Waals surface area contributed by atoms with Gasteiger partial charge in [-0.3, -0.25) is 9.69 Å². The lowest BCUT2D eigenvalue weighted by Crippen LogP contribution is -2.35. The molecule has 0 saturated carbocycles. The Bertz CT molecular complexity index is 746. The molecule has 0 bridgehead atoms. The molecule has 0 spiro atoms. The highest BCUT2D eigenvalue weighted by Gasteiger charge is 2.26. The summed E-state index contributed by atoms with van der Waals surface area (Å²) in [5.41, 5.74) is 2.60. The smallest absolute Gasteiger partial charge is 0.289 e. The molecule has 1 fully saturated rings. The van der Waals surface area contributed by atoms with E-state index in [0.717, 1.165) is 31.8 Å². The number of furan rings is 1. The van der Waals surface area contributed by atoms with Gasteiger partial charge in [-0.1, -0.05) is 30.7 Å². The van der Waals surface area contributed by atoms with E-state index >= 15 is 0 Å². The number of likely N-dealkylation sites (tertiary alicyclic amines) is 1. The van der Waals surface area contributed by atoms with Gasteiger partial charge in [-0.2, -0.15) is 0 Å². The molecule has 4 nitrogen and oxygen atoms in total. The van der Waals surface area contributed by atoms with Crippen LogP contribution in [0.4, 0.5) is 0 Å². The van der Waals surface area contributed by atoms with Crippen molar-refractivity contribution >= 4 is 5.91 Å². The quantitative estimate of drug-likeness (QED) is 0.848. The van der Waals surface area contributed by atoms with Crippen molar-refractivity contribution < 1.29 is 9.21 Å². The standard InChI is InChI=1S/C21H26N2O2/c1-16(22-12-5-2-6-13-22)19-9-10-20(25-19)21(24)23-14-11-17-7-3-4-8-18(17)15-23/h3-4,7-10,16H,2,5-6,11-15H2,1H3/t16-/m0/s1. The molecule has 2 aliphatic rings. The van der Waals surface area contributed by atoms with Crippen molar-refractivity contribution in [2.24, 2.45) is 0 Å². The van der Waals surface area contributed by atoms with Crippen LogP contribution < -0.4 is 0 Å². The van der Waals surface area contributed by atoms with Gasteiger partial charge >= 0.3 is 0 Å². The highest BCUT2D eigenvalue weighted by Crippen LogP contribution is 2.27. The van der Waals surface area contributed by atoms with Gasteiger partial charge in [-0.05, 0) is 62.5 Å². The van der Waals surface area contributed by atoms with Crippen molar-refractivity contribution in [3.8, 4) is 0 Å². The van der Waals surface area contributed by atoms with E-state index in [-0.39, 0.29) is 11.9 Å². The molecule has 1 amide bonds. The number of nitrogens with zero attached hydrogens (tertiary/aromatic N) is 2. The van der Waals surface area contributed by atoms with Crippen LogP contribution >= 0.6 is 0 Å². The van der Waals surface area contributed by atoms with Crippen molar-refractivity contribution in [2.75, 3.05) is 19.6 Å². The Balaban J connectivity index is 1.46. The second-order valence-corrected chi connectivity index (χ2v) is 7.22. The first-order valence-electron chi connectivity index (χ1n) is 9.42. The molecule has 0 unspecified atom stereocenters.